The Hall–Kier alpha value is -2.93. The molecular weight excluding hydrogens is 269 g/mol. The Bertz CT molecular complexity index is 727. The first-order chi connectivity index (χ1) is 10.2. The number of hydrogen-bond donors (Lipinski definition) is 0. The molecule has 0 aliphatic heterocycles. The number of allylic oxidation sites excluding steroid dienone is 1. The zero-order chi connectivity index (χ0) is 15.2. The van der Waals surface area contributed by atoms with Gasteiger partial charge < -0.3 is 4.74 Å². The van der Waals surface area contributed by atoms with Crippen molar-refractivity contribution in [3.63, 3.8) is 0 Å². The first-order valence-electron chi connectivity index (χ1n) is 6.21. The quantitative estimate of drug-likeness (QED) is 0.488. The molecule has 0 saturated heterocycles. The van der Waals surface area contributed by atoms with Crippen molar-refractivity contribution in [1.29, 1.82) is 5.26 Å². The van der Waals surface area contributed by atoms with E-state index in [0.29, 0.717) is 11.3 Å². The molecule has 0 amide bonds. The van der Waals surface area contributed by atoms with Crippen molar-refractivity contribution in [3.8, 4) is 11.8 Å². The minimum absolute atomic E-state index is 0.0360. The Morgan fingerprint density at radius 1 is 1.19 bits per heavy atom. The minimum atomic E-state index is -0.455. The van der Waals surface area contributed by atoms with Crippen molar-refractivity contribution < 1.29 is 13.9 Å². The highest BCUT2D eigenvalue weighted by Gasteiger charge is 2.13. The van der Waals surface area contributed by atoms with Crippen molar-refractivity contribution in [1.82, 2.24) is 0 Å². The van der Waals surface area contributed by atoms with Gasteiger partial charge in [0, 0.05) is 11.1 Å². The normalized spacial score (nSPS) is 10.8. The Balaban J connectivity index is 2.39. The van der Waals surface area contributed by atoms with E-state index in [1.165, 1.54) is 37.5 Å². The van der Waals surface area contributed by atoms with Crippen LogP contribution >= 0.6 is 0 Å². The summed E-state index contributed by atoms with van der Waals surface area (Å²) in [4.78, 5) is 12.2. The molecule has 21 heavy (non-hydrogen) atoms. The van der Waals surface area contributed by atoms with Crippen LogP contribution in [0.3, 0.4) is 0 Å². The molecule has 0 bridgehead atoms. The number of ketones is 1. The monoisotopic (exact) mass is 281 g/mol. The molecule has 4 heteroatoms. The number of nitriles is 1. The molecule has 104 valence electrons. The van der Waals surface area contributed by atoms with E-state index < -0.39 is 11.6 Å². The zero-order valence-electron chi connectivity index (χ0n) is 11.3. The standard InChI is InChI=1S/C17H12FNO2/c1-21-16-5-3-2-4-13(16)10-14(11-19)17(20)12-6-8-15(18)9-7-12/h2-10H,1H3/b14-10+. The molecule has 0 aliphatic rings. The maximum absolute atomic E-state index is 12.9. The summed E-state index contributed by atoms with van der Waals surface area (Å²) in [6, 6.07) is 14.0. The molecule has 2 aromatic carbocycles. The molecule has 0 aliphatic carbocycles. The Morgan fingerprint density at radius 3 is 2.48 bits per heavy atom. The van der Waals surface area contributed by atoms with Crippen molar-refractivity contribution >= 4 is 11.9 Å². The van der Waals surface area contributed by atoms with Gasteiger partial charge in [0.15, 0.2) is 0 Å². The fourth-order valence-electron chi connectivity index (χ4n) is 1.85. The number of methoxy groups -OCH3 is 1. The van der Waals surface area contributed by atoms with E-state index in [0.717, 1.165) is 0 Å². The fourth-order valence-corrected chi connectivity index (χ4v) is 1.85. The summed E-state index contributed by atoms with van der Waals surface area (Å²) in [6.07, 6.45) is 1.46. The number of Topliss-reactive ketones (excluding diaryl/α,β-unsaturated/α-hetero) is 1. The number of benzene rings is 2. The van der Waals surface area contributed by atoms with Gasteiger partial charge in [-0.2, -0.15) is 5.26 Å². The summed E-state index contributed by atoms with van der Waals surface area (Å²) in [7, 11) is 1.51. The van der Waals surface area contributed by atoms with Crippen LogP contribution in [0.15, 0.2) is 54.1 Å². The van der Waals surface area contributed by atoms with Crippen LogP contribution in [-0.2, 0) is 0 Å². The van der Waals surface area contributed by atoms with Gasteiger partial charge in [-0.1, -0.05) is 18.2 Å². The van der Waals surface area contributed by atoms with Crippen LogP contribution in [0.5, 0.6) is 5.75 Å². The number of hydrogen-bond acceptors (Lipinski definition) is 3. The molecule has 0 aromatic heterocycles. The van der Waals surface area contributed by atoms with E-state index in [4.69, 9.17) is 4.74 Å². The number of carbonyl (C=O) groups excluding carboxylic acids is 1. The number of para-hydroxylation sites is 1. The molecule has 0 saturated carbocycles. The highest BCUT2D eigenvalue weighted by molar-refractivity contribution is 6.14. The largest absolute Gasteiger partial charge is 0.496 e. The summed E-state index contributed by atoms with van der Waals surface area (Å²) < 4.78 is 18.0. The van der Waals surface area contributed by atoms with Crippen molar-refractivity contribution in [3.05, 3.63) is 71.0 Å². The summed E-state index contributed by atoms with van der Waals surface area (Å²) in [5, 5.41) is 9.18. The lowest BCUT2D eigenvalue weighted by molar-refractivity contribution is 0.104. The number of nitrogens with zero attached hydrogens (tertiary/aromatic N) is 1. The Labute approximate surface area is 121 Å². The van der Waals surface area contributed by atoms with E-state index in [-0.39, 0.29) is 11.1 Å². The van der Waals surface area contributed by atoms with Crippen molar-refractivity contribution in [2.45, 2.75) is 0 Å². The Morgan fingerprint density at radius 2 is 1.86 bits per heavy atom. The van der Waals surface area contributed by atoms with Gasteiger partial charge in [-0.15, -0.1) is 0 Å². The van der Waals surface area contributed by atoms with Crippen LogP contribution in [0.25, 0.3) is 6.08 Å². The summed E-state index contributed by atoms with van der Waals surface area (Å²) in [5.41, 5.74) is 0.859. The molecule has 0 radical (unpaired) electrons. The van der Waals surface area contributed by atoms with Gasteiger partial charge >= 0.3 is 0 Å². The van der Waals surface area contributed by atoms with E-state index in [9.17, 15) is 14.4 Å². The third-order valence-corrected chi connectivity index (χ3v) is 2.91. The van der Waals surface area contributed by atoms with Gasteiger partial charge in [-0.3, -0.25) is 4.79 Å². The predicted octanol–water partition coefficient (Wildman–Crippen LogP) is 3.62. The van der Waals surface area contributed by atoms with Gasteiger partial charge in [0.05, 0.1) is 7.11 Å². The van der Waals surface area contributed by atoms with E-state index in [2.05, 4.69) is 0 Å². The molecule has 2 aromatic rings. The first kappa shape index (κ1) is 14.5. The fraction of sp³-hybridized carbons (Fsp3) is 0.0588. The molecule has 0 atom stereocenters. The SMILES string of the molecule is COc1ccccc1/C=C(\C#N)C(=O)c1ccc(F)cc1. The molecular formula is C17H12FNO2. The van der Waals surface area contributed by atoms with Crippen LogP contribution in [0.1, 0.15) is 15.9 Å². The lowest BCUT2D eigenvalue weighted by Crippen LogP contribution is -2.02. The predicted molar refractivity (Wildman–Crippen MR) is 77.3 cm³/mol. The zero-order valence-corrected chi connectivity index (χ0v) is 11.3. The number of rotatable bonds is 4. The van der Waals surface area contributed by atoms with Crippen molar-refractivity contribution in [2.24, 2.45) is 0 Å². The molecule has 3 nitrogen and oxygen atoms in total. The van der Waals surface area contributed by atoms with Gasteiger partial charge in [0.2, 0.25) is 5.78 Å². The highest BCUT2D eigenvalue weighted by Crippen LogP contribution is 2.21. The van der Waals surface area contributed by atoms with Crippen LogP contribution in [0, 0.1) is 17.1 Å². The second-order valence-corrected chi connectivity index (χ2v) is 4.25. The van der Waals surface area contributed by atoms with E-state index in [1.807, 2.05) is 6.07 Å². The van der Waals surface area contributed by atoms with Gasteiger partial charge in [-0.05, 0) is 36.4 Å². The summed E-state index contributed by atoms with van der Waals surface area (Å²) in [5.74, 6) is -0.320. The maximum Gasteiger partial charge on any atom is 0.203 e. The second kappa shape index (κ2) is 6.49. The van der Waals surface area contributed by atoms with Crippen molar-refractivity contribution in [2.75, 3.05) is 7.11 Å². The van der Waals surface area contributed by atoms with Gasteiger partial charge in [0.1, 0.15) is 23.2 Å². The summed E-state index contributed by atoms with van der Waals surface area (Å²) in [6.45, 7) is 0. The molecule has 0 fully saturated rings. The van der Waals surface area contributed by atoms with E-state index >= 15 is 0 Å². The van der Waals surface area contributed by atoms with Crippen LogP contribution in [-0.4, -0.2) is 12.9 Å². The Kier molecular flexibility index (Phi) is 4.47. The van der Waals surface area contributed by atoms with Crippen LogP contribution in [0.2, 0.25) is 0 Å². The number of halogens is 1. The average molecular weight is 281 g/mol. The third kappa shape index (κ3) is 3.34. The third-order valence-electron chi connectivity index (χ3n) is 2.91. The summed E-state index contributed by atoms with van der Waals surface area (Å²) >= 11 is 0. The van der Waals surface area contributed by atoms with Crippen LogP contribution < -0.4 is 4.74 Å². The molecule has 0 N–H and O–H groups in total. The van der Waals surface area contributed by atoms with E-state index in [1.54, 1.807) is 24.3 Å². The van der Waals surface area contributed by atoms with Gasteiger partial charge in [-0.25, -0.2) is 4.39 Å². The molecule has 0 unspecified atom stereocenters. The molecule has 2 rings (SSSR count). The number of ether oxygens (including phenoxy) is 1. The maximum atomic E-state index is 12.9. The van der Waals surface area contributed by atoms with Crippen LogP contribution in [0.4, 0.5) is 4.39 Å². The molecule has 0 heterocycles. The minimum Gasteiger partial charge on any atom is -0.496 e. The second-order valence-electron chi connectivity index (χ2n) is 4.25. The highest BCUT2D eigenvalue weighted by atomic mass is 19.1. The van der Waals surface area contributed by atoms with Gasteiger partial charge in [0.25, 0.3) is 0 Å². The lowest BCUT2D eigenvalue weighted by atomic mass is 10.0. The lowest BCUT2D eigenvalue weighted by Gasteiger charge is -2.05. The topological polar surface area (TPSA) is 50.1 Å². The first-order valence-corrected chi connectivity index (χ1v) is 6.21. The average Bonchev–Trinajstić information content (AvgIpc) is 2.53. The number of carbonyl (C=O) groups is 1. The molecule has 0 spiro atoms. The smallest absolute Gasteiger partial charge is 0.203 e.